The summed E-state index contributed by atoms with van der Waals surface area (Å²) in [6, 6.07) is 20.1. The van der Waals surface area contributed by atoms with Gasteiger partial charge >= 0.3 is 18.0 Å². The number of aliphatic carboxylic acids is 1. The zero-order chi connectivity index (χ0) is 26.4. The molecule has 0 saturated carbocycles. The quantitative estimate of drug-likeness (QED) is 0.431. The zero-order valence-corrected chi connectivity index (χ0v) is 19.9. The summed E-state index contributed by atoms with van der Waals surface area (Å²) in [5.41, 5.74) is 3.20. The molecule has 2 atom stereocenters. The minimum absolute atomic E-state index is 0.0379. The third kappa shape index (κ3) is 6.32. The number of hydrogen-bond acceptors (Lipinski definition) is 5. The molecule has 190 valence electrons. The van der Waals surface area contributed by atoms with Crippen LogP contribution < -0.4 is 5.32 Å². The van der Waals surface area contributed by atoms with Crippen LogP contribution in [0.25, 0.3) is 0 Å². The van der Waals surface area contributed by atoms with Crippen LogP contribution in [0.5, 0.6) is 0 Å². The summed E-state index contributed by atoms with van der Waals surface area (Å²) in [4.78, 5) is 50.7. The summed E-state index contributed by atoms with van der Waals surface area (Å²) in [5, 5.41) is 21.4. The Morgan fingerprint density at radius 1 is 0.865 bits per heavy atom. The lowest BCUT2D eigenvalue weighted by atomic mass is 9.93. The van der Waals surface area contributed by atoms with Gasteiger partial charge in [0.1, 0.15) is 18.7 Å². The van der Waals surface area contributed by atoms with Crippen molar-refractivity contribution in [1.82, 2.24) is 10.2 Å². The second-order valence-electron chi connectivity index (χ2n) is 8.76. The van der Waals surface area contributed by atoms with Gasteiger partial charge in [-0.15, -0.1) is 0 Å². The Balaban J connectivity index is 1.50. The first kappa shape index (κ1) is 25.4. The molecule has 1 aliphatic heterocycles. The molecule has 2 amide bonds. The molecule has 1 heterocycles. The Kier molecular flexibility index (Phi) is 7.83. The first-order valence-electron chi connectivity index (χ1n) is 11.7. The van der Waals surface area contributed by atoms with E-state index in [1.165, 1.54) is 29.2 Å². The van der Waals surface area contributed by atoms with Crippen molar-refractivity contribution in [1.29, 1.82) is 0 Å². The van der Waals surface area contributed by atoms with Crippen molar-refractivity contribution in [3.8, 4) is 0 Å². The maximum atomic E-state index is 13.3. The number of carbonyl (C=O) groups is 4. The number of carboxylic acid groups (broad SMARTS) is 2. The van der Waals surface area contributed by atoms with Crippen molar-refractivity contribution in [3.05, 3.63) is 107 Å². The molecule has 3 aromatic carbocycles. The maximum Gasteiger partial charge on any atom is 0.411 e. The smallest absolute Gasteiger partial charge is 0.411 e. The summed E-state index contributed by atoms with van der Waals surface area (Å²) in [5.74, 6) is -2.95. The van der Waals surface area contributed by atoms with Crippen LogP contribution in [0.15, 0.2) is 78.9 Å². The molecular weight excluding hydrogens is 476 g/mol. The second kappa shape index (κ2) is 11.4. The molecule has 9 heteroatoms. The molecule has 0 spiro atoms. The van der Waals surface area contributed by atoms with Crippen molar-refractivity contribution < 1.29 is 34.1 Å². The third-order valence-electron chi connectivity index (χ3n) is 6.25. The Morgan fingerprint density at radius 3 is 2.16 bits per heavy atom. The number of nitrogens with one attached hydrogen (secondary N) is 1. The standard InChI is InChI=1S/C28H26N2O7/c31-25(29-23(27(34)35)14-18-10-12-20(13-11-18)26(32)33)24-15-21-8-4-5-9-22(21)16-30(24)28(36)37-17-19-6-2-1-3-7-19/h1-13,23-24H,14-17H2,(H,29,31)(H,32,33)(H,34,35)/t23-,24-/m0/s1. The monoisotopic (exact) mass is 502 g/mol. The molecule has 4 rings (SSSR count). The Morgan fingerprint density at radius 2 is 1.51 bits per heavy atom. The minimum atomic E-state index is -1.28. The Bertz CT molecular complexity index is 1290. The van der Waals surface area contributed by atoms with E-state index in [1.807, 2.05) is 54.6 Å². The van der Waals surface area contributed by atoms with E-state index in [4.69, 9.17) is 9.84 Å². The molecule has 0 fully saturated rings. The van der Waals surface area contributed by atoms with E-state index in [0.717, 1.165) is 16.7 Å². The fourth-order valence-corrected chi connectivity index (χ4v) is 4.24. The van der Waals surface area contributed by atoms with Crippen LogP contribution in [0, 0.1) is 0 Å². The number of carboxylic acids is 2. The largest absolute Gasteiger partial charge is 0.480 e. The van der Waals surface area contributed by atoms with Crippen LogP contribution >= 0.6 is 0 Å². The van der Waals surface area contributed by atoms with Gasteiger partial charge in [-0.25, -0.2) is 14.4 Å². The number of carbonyl (C=O) groups excluding carboxylic acids is 2. The Labute approximate surface area is 213 Å². The molecule has 0 saturated heterocycles. The number of nitrogens with zero attached hydrogens (tertiary/aromatic N) is 1. The van der Waals surface area contributed by atoms with E-state index in [1.54, 1.807) is 0 Å². The third-order valence-corrected chi connectivity index (χ3v) is 6.25. The Hall–Kier alpha value is -4.66. The minimum Gasteiger partial charge on any atom is -0.480 e. The molecule has 9 nitrogen and oxygen atoms in total. The number of aromatic carboxylic acids is 1. The molecule has 1 aliphatic rings. The number of fused-ring (bicyclic) bond motifs is 1. The predicted octanol–water partition coefficient (Wildman–Crippen LogP) is 3.26. The van der Waals surface area contributed by atoms with Crippen LogP contribution in [0.3, 0.4) is 0 Å². The second-order valence-corrected chi connectivity index (χ2v) is 8.76. The van der Waals surface area contributed by atoms with Crippen molar-refractivity contribution in [2.75, 3.05) is 0 Å². The summed E-state index contributed by atoms with van der Waals surface area (Å²) < 4.78 is 5.48. The summed E-state index contributed by atoms with van der Waals surface area (Å²) >= 11 is 0. The predicted molar refractivity (Wildman–Crippen MR) is 133 cm³/mol. The number of amides is 2. The number of hydrogen-bond donors (Lipinski definition) is 3. The van der Waals surface area contributed by atoms with Crippen molar-refractivity contribution >= 4 is 23.9 Å². The van der Waals surface area contributed by atoms with Gasteiger partial charge in [-0.05, 0) is 34.4 Å². The highest BCUT2D eigenvalue weighted by molar-refractivity contribution is 5.90. The number of ether oxygens (including phenoxy) is 1. The lowest BCUT2D eigenvalue weighted by Gasteiger charge is -2.35. The summed E-state index contributed by atoms with van der Waals surface area (Å²) in [7, 11) is 0. The lowest BCUT2D eigenvalue weighted by molar-refractivity contribution is -0.142. The maximum absolute atomic E-state index is 13.3. The van der Waals surface area contributed by atoms with Crippen molar-refractivity contribution in [2.24, 2.45) is 0 Å². The van der Waals surface area contributed by atoms with Crippen molar-refractivity contribution in [2.45, 2.75) is 38.1 Å². The summed E-state index contributed by atoms with van der Waals surface area (Å²) in [6.45, 7) is 0.187. The highest BCUT2D eigenvalue weighted by Crippen LogP contribution is 2.25. The number of benzene rings is 3. The molecule has 0 aliphatic carbocycles. The topological polar surface area (TPSA) is 133 Å². The van der Waals surface area contributed by atoms with Gasteiger partial charge in [0.2, 0.25) is 5.91 Å². The molecule has 0 bridgehead atoms. The lowest BCUT2D eigenvalue weighted by Crippen LogP contribution is -2.56. The summed E-state index contributed by atoms with van der Waals surface area (Å²) in [6.07, 6.45) is -0.514. The first-order chi connectivity index (χ1) is 17.8. The van der Waals surface area contributed by atoms with E-state index >= 15 is 0 Å². The van der Waals surface area contributed by atoms with E-state index in [0.29, 0.717) is 5.56 Å². The van der Waals surface area contributed by atoms with Crippen LogP contribution in [0.4, 0.5) is 4.79 Å². The van der Waals surface area contributed by atoms with Crippen LogP contribution in [-0.2, 0) is 40.3 Å². The van der Waals surface area contributed by atoms with Gasteiger partial charge in [-0.1, -0.05) is 66.7 Å². The average molecular weight is 503 g/mol. The van der Waals surface area contributed by atoms with E-state index in [2.05, 4.69) is 5.32 Å². The van der Waals surface area contributed by atoms with E-state index in [-0.39, 0.29) is 31.6 Å². The average Bonchev–Trinajstić information content (AvgIpc) is 2.91. The fourth-order valence-electron chi connectivity index (χ4n) is 4.24. The molecule has 37 heavy (non-hydrogen) atoms. The zero-order valence-electron chi connectivity index (χ0n) is 19.9. The SMILES string of the molecule is O=C(O)c1ccc(C[C@H](NC(=O)[C@@H]2Cc3ccccc3CN2C(=O)OCc2ccccc2)C(=O)O)cc1. The molecule has 3 N–H and O–H groups in total. The van der Waals surface area contributed by atoms with Gasteiger partial charge in [0, 0.05) is 12.8 Å². The molecular formula is C28H26N2O7. The van der Waals surface area contributed by atoms with E-state index in [9.17, 15) is 24.3 Å². The highest BCUT2D eigenvalue weighted by atomic mass is 16.6. The van der Waals surface area contributed by atoms with E-state index < -0.39 is 36.0 Å². The van der Waals surface area contributed by atoms with Crippen LogP contribution in [0.1, 0.15) is 32.6 Å². The van der Waals surface area contributed by atoms with Gasteiger partial charge in [-0.3, -0.25) is 9.69 Å². The number of rotatable bonds is 8. The van der Waals surface area contributed by atoms with Gasteiger partial charge < -0.3 is 20.3 Å². The van der Waals surface area contributed by atoms with Gasteiger partial charge in [-0.2, -0.15) is 0 Å². The van der Waals surface area contributed by atoms with Crippen molar-refractivity contribution in [3.63, 3.8) is 0 Å². The highest BCUT2D eigenvalue weighted by Gasteiger charge is 2.37. The normalized spacial score (nSPS) is 15.2. The van der Waals surface area contributed by atoms with Crippen LogP contribution in [0.2, 0.25) is 0 Å². The molecule has 0 radical (unpaired) electrons. The van der Waals surface area contributed by atoms with Gasteiger partial charge in [0.15, 0.2) is 0 Å². The molecule has 0 unspecified atom stereocenters. The molecule has 0 aromatic heterocycles. The first-order valence-corrected chi connectivity index (χ1v) is 11.7. The fraction of sp³-hybridized carbons (Fsp3) is 0.214. The molecule has 3 aromatic rings. The van der Waals surface area contributed by atoms with Gasteiger partial charge in [0.25, 0.3) is 0 Å². The van der Waals surface area contributed by atoms with Crippen LogP contribution in [-0.4, -0.2) is 51.1 Å². The van der Waals surface area contributed by atoms with Gasteiger partial charge in [0.05, 0.1) is 12.1 Å².